The number of rotatable bonds is 9. The van der Waals surface area contributed by atoms with Crippen LogP contribution < -0.4 is 10.6 Å². The van der Waals surface area contributed by atoms with Crippen molar-refractivity contribution in [2.24, 2.45) is 16.8 Å². The molecule has 7 nitrogen and oxygen atoms in total. The van der Waals surface area contributed by atoms with Crippen LogP contribution in [-0.2, 0) is 9.84 Å². The van der Waals surface area contributed by atoms with E-state index in [9.17, 15) is 8.42 Å². The van der Waals surface area contributed by atoms with Gasteiger partial charge in [0.1, 0.15) is 9.84 Å². The Morgan fingerprint density at radius 2 is 1.86 bits per heavy atom. The van der Waals surface area contributed by atoms with E-state index in [1.165, 1.54) is 38.7 Å². The SMILES string of the molecule is CCNC(=NCC1CCCN(CC(C)C)C1)NC1CCN(CCS(C)(=O)=O)CC1. The zero-order valence-corrected chi connectivity index (χ0v) is 19.8. The smallest absolute Gasteiger partial charge is 0.191 e. The number of nitrogens with one attached hydrogen (secondary N) is 2. The van der Waals surface area contributed by atoms with E-state index in [1.807, 2.05) is 0 Å². The number of hydrogen-bond acceptors (Lipinski definition) is 5. The molecule has 0 bridgehead atoms. The van der Waals surface area contributed by atoms with Gasteiger partial charge in [0.2, 0.25) is 0 Å². The average molecular weight is 430 g/mol. The van der Waals surface area contributed by atoms with Crippen LogP contribution in [0.1, 0.15) is 46.5 Å². The summed E-state index contributed by atoms with van der Waals surface area (Å²) in [4.78, 5) is 9.76. The maximum absolute atomic E-state index is 11.4. The lowest BCUT2D eigenvalue weighted by atomic mass is 9.97. The molecule has 0 aliphatic carbocycles. The molecule has 2 N–H and O–H groups in total. The summed E-state index contributed by atoms with van der Waals surface area (Å²) in [5, 5.41) is 7.01. The Kier molecular flexibility index (Phi) is 10.2. The Hall–Kier alpha value is -0.860. The maximum atomic E-state index is 11.4. The van der Waals surface area contributed by atoms with Crippen molar-refractivity contribution in [1.29, 1.82) is 0 Å². The molecule has 2 aliphatic heterocycles. The Morgan fingerprint density at radius 1 is 1.14 bits per heavy atom. The molecule has 1 atom stereocenters. The molecule has 2 heterocycles. The zero-order chi connectivity index (χ0) is 21.3. The number of piperidine rings is 2. The fourth-order valence-electron chi connectivity index (χ4n) is 4.31. The van der Waals surface area contributed by atoms with E-state index in [2.05, 4.69) is 41.2 Å². The Labute approximate surface area is 178 Å². The Morgan fingerprint density at radius 3 is 2.48 bits per heavy atom. The average Bonchev–Trinajstić information content (AvgIpc) is 2.65. The molecule has 0 spiro atoms. The van der Waals surface area contributed by atoms with Crippen LogP contribution in [0, 0.1) is 11.8 Å². The van der Waals surface area contributed by atoms with Crippen molar-refractivity contribution < 1.29 is 8.42 Å². The molecule has 2 rings (SSSR count). The molecule has 0 radical (unpaired) electrons. The van der Waals surface area contributed by atoms with Crippen molar-refractivity contribution in [1.82, 2.24) is 20.4 Å². The monoisotopic (exact) mass is 429 g/mol. The number of aliphatic imine (C=N–C) groups is 1. The minimum Gasteiger partial charge on any atom is -0.357 e. The van der Waals surface area contributed by atoms with Crippen LogP contribution >= 0.6 is 0 Å². The third-order valence-corrected chi connectivity index (χ3v) is 6.71. The van der Waals surface area contributed by atoms with E-state index in [1.54, 1.807) is 0 Å². The molecule has 1 unspecified atom stereocenters. The van der Waals surface area contributed by atoms with Crippen LogP contribution in [0.4, 0.5) is 0 Å². The number of hydrogen-bond donors (Lipinski definition) is 2. The lowest BCUT2D eigenvalue weighted by Crippen LogP contribution is -2.49. The molecule has 0 saturated carbocycles. The van der Waals surface area contributed by atoms with Crippen LogP contribution in [-0.4, -0.2) is 94.6 Å². The summed E-state index contributed by atoms with van der Waals surface area (Å²) in [6, 6.07) is 0.408. The lowest BCUT2D eigenvalue weighted by molar-refractivity contribution is 0.162. The summed E-state index contributed by atoms with van der Waals surface area (Å²) in [5.41, 5.74) is 0. The summed E-state index contributed by atoms with van der Waals surface area (Å²) >= 11 is 0. The molecule has 29 heavy (non-hydrogen) atoms. The second kappa shape index (κ2) is 12.1. The van der Waals surface area contributed by atoms with Crippen LogP contribution in [0.15, 0.2) is 4.99 Å². The molecule has 2 saturated heterocycles. The van der Waals surface area contributed by atoms with E-state index >= 15 is 0 Å². The number of sulfone groups is 1. The maximum Gasteiger partial charge on any atom is 0.191 e. The van der Waals surface area contributed by atoms with Gasteiger partial charge in [-0.1, -0.05) is 13.8 Å². The van der Waals surface area contributed by atoms with E-state index in [4.69, 9.17) is 4.99 Å². The van der Waals surface area contributed by atoms with Gasteiger partial charge in [-0.15, -0.1) is 0 Å². The summed E-state index contributed by atoms with van der Waals surface area (Å²) in [5.74, 6) is 2.56. The van der Waals surface area contributed by atoms with Gasteiger partial charge in [-0.25, -0.2) is 8.42 Å². The van der Waals surface area contributed by atoms with E-state index in [-0.39, 0.29) is 5.75 Å². The number of likely N-dealkylation sites (tertiary alicyclic amines) is 2. The summed E-state index contributed by atoms with van der Waals surface area (Å²) in [6.45, 7) is 14.6. The number of guanidine groups is 1. The first kappa shape index (κ1) is 24.4. The summed E-state index contributed by atoms with van der Waals surface area (Å²) in [6.07, 6.45) is 5.92. The van der Waals surface area contributed by atoms with Crippen molar-refractivity contribution in [3.63, 3.8) is 0 Å². The molecule has 170 valence electrons. The van der Waals surface area contributed by atoms with Crippen LogP contribution in [0.3, 0.4) is 0 Å². The largest absolute Gasteiger partial charge is 0.357 e. The Balaban J connectivity index is 1.77. The minimum absolute atomic E-state index is 0.254. The highest BCUT2D eigenvalue weighted by Crippen LogP contribution is 2.18. The van der Waals surface area contributed by atoms with E-state index < -0.39 is 9.84 Å². The van der Waals surface area contributed by atoms with Gasteiger partial charge in [-0.05, 0) is 51.0 Å². The van der Waals surface area contributed by atoms with Gasteiger partial charge in [-0.3, -0.25) is 4.99 Å². The highest BCUT2D eigenvalue weighted by molar-refractivity contribution is 7.90. The lowest BCUT2D eigenvalue weighted by Gasteiger charge is -2.34. The quantitative estimate of drug-likeness (QED) is 0.426. The first-order chi connectivity index (χ1) is 13.7. The highest BCUT2D eigenvalue weighted by atomic mass is 32.2. The highest BCUT2D eigenvalue weighted by Gasteiger charge is 2.22. The van der Waals surface area contributed by atoms with E-state index in [0.717, 1.165) is 50.9 Å². The molecular weight excluding hydrogens is 386 g/mol. The van der Waals surface area contributed by atoms with Crippen LogP contribution in [0.5, 0.6) is 0 Å². The van der Waals surface area contributed by atoms with Crippen molar-refractivity contribution in [3.05, 3.63) is 0 Å². The van der Waals surface area contributed by atoms with Crippen molar-refractivity contribution in [3.8, 4) is 0 Å². The van der Waals surface area contributed by atoms with Gasteiger partial charge in [0.25, 0.3) is 0 Å². The normalized spacial score (nSPS) is 23.5. The fourth-order valence-corrected chi connectivity index (χ4v) is 4.90. The standard InChI is InChI=1S/C21H43N5O2S/c1-5-22-21(23-15-19-7-6-10-26(17-19)16-18(2)3)24-20-8-11-25(12-9-20)13-14-29(4,27)28/h18-20H,5-17H2,1-4H3,(H2,22,23,24). The molecule has 0 aromatic carbocycles. The summed E-state index contributed by atoms with van der Waals surface area (Å²) < 4.78 is 22.7. The molecule has 0 aromatic heterocycles. The van der Waals surface area contributed by atoms with E-state index in [0.29, 0.717) is 18.5 Å². The second-order valence-electron chi connectivity index (χ2n) is 9.27. The topological polar surface area (TPSA) is 77.0 Å². The number of nitrogens with zero attached hydrogens (tertiary/aromatic N) is 3. The van der Waals surface area contributed by atoms with Crippen molar-refractivity contribution >= 4 is 15.8 Å². The van der Waals surface area contributed by atoms with Gasteiger partial charge in [-0.2, -0.15) is 0 Å². The van der Waals surface area contributed by atoms with Gasteiger partial charge in [0, 0.05) is 58.1 Å². The summed E-state index contributed by atoms with van der Waals surface area (Å²) in [7, 11) is -2.88. The van der Waals surface area contributed by atoms with Crippen LogP contribution in [0.2, 0.25) is 0 Å². The van der Waals surface area contributed by atoms with Gasteiger partial charge >= 0.3 is 0 Å². The predicted octanol–water partition coefficient (Wildman–Crippen LogP) is 1.42. The third kappa shape index (κ3) is 10.1. The first-order valence-electron chi connectivity index (χ1n) is 11.4. The van der Waals surface area contributed by atoms with Crippen molar-refractivity contribution in [2.75, 3.05) is 64.4 Å². The van der Waals surface area contributed by atoms with Gasteiger partial charge < -0.3 is 20.4 Å². The minimum atomic E-state index is -2.88. The zero-order valence-electron chi connectivity index (χ0n) is 19.0. The Bertz CT molecular complexity index is 600. The second-order valence-corrected chi connectivity index (χ2v) is 11.5. The predicted molar refractivity (Wildman–Crippen MR) is 122 cm³/mol. The molecule has 2 fully saturated rings. The van der Waals surface area contributed by atoms with Crippen LogP contribution in [0.25, 0.3) is 0 Å². The van der Waals surface area contributed by atoms with Gasteiger partial charge in [0.05, 0.1) is 5.75 Å². The molecule has 0 aromatic rings. The van der Waals surface area contributed by atoms with Crippen molar-refractivity contribution in [2.45, 2.75) is 52.5 Å². The fraction of sp³-hybridized carbons (Fsp3) is 0.952. The molecule has 0 amide bonds. The molecule has 2 aliphatic rings. The van der Waals surface area contributed by atoms with Gasteiger partial charge in [0.15, 0.2) is 5.96 Å². The third-order valence-electron chi connectivity index (χ3n) is 5.79. The first-order valence-corrected chi connectivity index (χ1v) is 13.5. The molecular formula is C21H43N5O2S. The molecule has 8 heteroatoms.